The van der Waals surface area contributed by atoms with Gasteiger partial charge in [0.1, 0.15) is 17.8 Å². The normalized spacial score (nSPS) is 19.4. The number of nitrogens with one attached hydrogen (secondary N) is 8. The van der Waals surface area contributed by atoms with Crippen molar-refractivity contribution >= 4 is 23.6 Å². The first-order valence-electron chi connectivity index (χ1n) is 19.5. The van der Waals surface area contributed by atoms with Crippen LogP contribution in [-0.4, -0.2) is 144 Å². The number of hydrogen-bond donors (Lipinski definition) is 10. The Bertz CT molecular complexity index is 1530. The fourth-order valence-electron chi connectivity index (χ4n) is 6.92. The summed E-state index contributed by atoms with van der Waals surface area (Å²) in [6.45, 7) is 2.21. The highest BCUT2D eigenvalue weighted by Gasteiger charge is 2.35. The summed E-state index contributed by atoms with van der Waals surface area (Å²) in [6.07, 6.45) is 2.33. The van der Waals surface area contributed by atoms with Crippen molar-refractivity contribution in [2.45, 2.75) is 87.7 Å². The van der Waals surface area contributed by atoms with Crippen molar-refractivity contribution in [3.05, 3.63) is 53.6 Å². The van der Waals surface area contributed by atoms with Crippen molar-refractivity contribution in [2.75, 3.05) is 68.5 Å². The minimum Gasteiger partial charge on any atom is -0.508 e. The molecule has 6 atom stereocenters. The van der Waals surface area contributed by atoms with E-state index < -0.39 is 48.0 Å². The molecule has 0 aliphatic carbocycles. The highest BCUT2D eigenvalue weighted by molar-refractivity contribution is 5.93. The molecule has 15 heteroatoms. The zero-order valence-electron chi connectivity index (χ0n) is 33.5. The van der Waals surface area contributed by atoms with Crippen LogP contribution in [0.15, 0.2) is 42.5 Å². The molecule has 306 valence electrons. The van der Waals surface area contributed by atoms with E-state index in [0.29, 0.717) is 31.5 Å². The molecule has 0 radical (unpaired) electrons. The molecule has 0 aromatic heterocycles. The number of benzene rings is 2. The van der Waals surface area contributed by atoms with E-state index in [9.17, 15) is 29.4 Å². The number of aliphatic hydroxyl groups excluding tert-OH is 1. The minimum atomic E-state index is -1.17. The predicted molar refractivity (Wildman–Crippen MR) is 216 cm³/mol. The van der Waals surface area contributed by atoms with Gasteiger partial charge in [0.25, 0.3) is 0 Å². The standard InChI is InChI=1S/C40H65N9O6/c1-41-16-8-12-30(22-37(52)46-24-31(44-4)13-9-17-42-2)47-39(54)35-19-26-10-7-11-27(18-26)28-14-15-36(51)29(20-28)21-33(45-5)38(53)48-34(40(55)49(35)6)23-32(50)25-43-3/h7,10-11,14-15,18,20,30-35,41-45,50-51H,8-9,12-13,16-17,19,21-25H2,1-6H3,(H,46,52)(H,47,54)(H,48,53)/t30-,31?,32+,33-,34-,35-/m0/s1. The largest absolute Gasteiger partial charge is 0.508 e. The number of hydrogen-bond acceptors (Lipinski definition) is 11. The lowest BCUT2D eigenvalue weighted by atomic mass is 9.95. The van der Waals surface area contributed by atoms with Gasteiger partial charge in [-0.25, -0.2) is 0 Å². The molecule has 1 aliphatic rings. The Balaban J connectivity index is 2.00. The lowest BCUT2D eigenvalue weighted by Crippen LogP contribution is -2.58. The van der Waals surface area contributed by atoms with Gasteiger partial charge in [-0.3, -0.25) is 19.2 Å². The molecule has 1 heterocycles. The highest BCUT2D eigenvalue weighted by atomic mass is 16.3. The summed E-state index contributed by atoms with van der Waals surface area (Å²) in [4.78, 5) is 57.2. The Kier molecular flexibility index (Phi) is 19.5. The Morgan fingerprint density at radius 2 is 1.58 bits per heavy atom. The molecule has 1 unspecified atom stereocenters. The second-order valence-electron chi connectivity index (χ2n) is 14.5. The lowest BCUT2D eigenvalue weighted by molar-refractivity contribution is -0.143. The molecule has 10 N–H and O–H groups in total. The van der Waals surface area contributed by atoms with Crippen molar-refractivity contribution in [1.29, 1.82) is 0 Å². The number of phenolic OH excluding ortho intramolecular Hbond substituents is 1. The van der Waals surface area contributed by atoms with E-state index in [-0.39, 0.29) is 49.9 Å². The number of phenols is 1. The summed E-state index contributed by atoms with van der Waals surface area (Å²) in [5, 5.41) is 45.9. The van der Waals surface area contributed by atoms with Gasteiger partial charge in [0.05, 0.1) is 12.1 Å². The van der Waals surface area contributed by atoms with Crippen molar-refractivity contribution in [2.24, 2.45) is 0 Å². The number of carbonyl (C=O) groups excluding carboxylic acids is 4. The van der Waals surface area contributed by atoms with E-state index in [4.69, 9.17) is 0 Å². The molecule has 0 saturated heterocycles. The minimum absolute atomic E-state index is 0.0372. The molecule has 1 aliphatic heterocycles. The van der Waals surface area contributed by atoms with Crippen LogP contribution in [0.3, 0.4) is 0 Å². The van der Waals surface area contributed by atoms with Crippen molar-refractivity contribution in [3.8, 4) is 16.9 Å². The Labute approximate surface area is 326 Å². The van der Waals surface area contributed by atoms with E-state index in [2.05, 4.69) is 42.5 Å². The first-order chi connectivity index (χ1) is 26.4. The molecule has 15 nitrogen and oxygen atoms in total. The summed E-state index contributed by atoms with van der Waals surface area (Å²) in [5.41, 5.74) is 2.99. The van der Waals surface area contributed by atoms with Crippen molar-refractivity contribution < 1.29 is 29.4 Å². The summed E-state index contributed by atoms with van der Waals surface area (Å²) in [7, 11) is 10.5. The summed E-state index contributed by atoms with van der Waals surface area (Å²) >= 11 is 0. The smallest absolute Gasteiger partial charge is 0.245 e. The topological polar surface area (TPSA) is 208 Å². The molecule has 0 fully saturated rings. The highest BCUT2D eigenvalue weighted by Crippen LogP contribution is 2.28. The third kappa shape index (κ3) is 14.5. The number of fused-ring (bicyclic) bond motifs is 5. The van der Waals surface area contributed by atoms with Crippen molar-refractivity contribution in [1.82, 2.24) is 47.4 Å². The van der Waals surface area contributed by atoms with Crippen LogP contribution in [0.4, 0.5) is 0 Å². The molecule has 4 amide bonds. The third-order valence-corrected chi connectivity index (χ3v) is 10.2. The average Bonchev–Trinajstić information content (AvgIpc) is 3.17. The summed E-state index contributed by atoms with van der Waals surface area (Å²) in [6, 6.07) is 9.46. The van der Waals surface area contributed by atoms with E-state index in [1.165, 1.54) is 11.9 Å². The Morgan fingerprint density at radius 3 is 2.24 bits per heavy atom. The number of likely N-dealkylation sites (N-methyl/N-ethyl adjacent to an activating group) is 4. The van der Waals surface area contributed by atoms with Gasteiger partial charge < -0.3 is 57.6 Å². The van der Waals surface area contributed by atoms with Crippen LogP contribution in [0.5, 0.6) is 5.75 Å². The van der Waals surface area contributed by atoms with Crippen LogP contribution in [0.2, 0.25) is 0 Å². The van der Waals surface area contributed by atoms with Crippen LogP contribution >= 0.6 is 0 Å². The fourth-order valence-corrected chi connectivity index (χ4v) is 6.92. The first kappa shape index (κ1) is 45.3. The number of aliphatic hydroxyl groups is 1. The Morgan fingerprint density at radius 1 is 0.891 bits per heavy atom. The van der Waals surface area contributed by atoms with Gasteiger partial charge in [0.2, 0.25) is 23.6 Å². The first-order valence-corrected chi connectivity index (χ1v) is 19.5. The van der Waals surface area contributed by atoms with Gasteiger partial charge in [0, 0.05) is 57.9 Å². The maximum Gasteiger partial charge on any atom is 0.245 e. The number of nitrogens with zero attached hydrogens (tertiary/aromatic N) is 1. The molecule has 0 spiro atoms. The van der Waals surface area contributed by atoms with Gasteiger partial charge in [-0.05, 0) is 108 Å². The van der Waals surface area contributed by atoms with Crippen LogP contribution in [0, 0.1) is 0 Å². The van der Waals surface area contributed by atoms with Gasteiger partial charge in [-0.1, -0.05) is 30.3 Å². The molecule has 55 heavy (non-hydrogen) atoms. The monoisotopic (exact) mass is 768 g/mol. The summed E-state index contributed by atoms with van der Waals surface area (Å²) < 4.78 is 0. The molecule has 3 rings (SSSR count). The number of amides is 4. The van der Waals surface area contributed by atoms with E-state index >= 15 is 0 Å². The van der Waals surface area contributed by atoms with E-state index in [1.807, 2.05) is 51.5 Å². The molecule has 0 saturated carbocycles. The van der Waals surface area contributed by atoms with E-state index in [1.54, 1.807) is 26.2 Å². The van der Waals surface area contributed by atoms with Crippen LogP contribution in [0.1, 0.15) is 49.7 Å². The number of rotatable bonds is 20. The van der Waals surface area contributed by atoms with E-state index in [0.717, 1.165) is 36.1 Å². The zero-order valence-corrected chi connectivity index (χ0v) is 33.5. The predicted octanol–water partition coefficient (Wildman–Crippen LogP) is -0.394. The van der Waals surface area contributed by atoms with Gasteiger partial charge in [0.15, 0.2) is 0 Å². The maximum absolute atomic E-state index is 14.4. The quantitative estimate of drug-likeness (QED) is 0.0786. The van der Waals surface area contributed by atoms with Crippen LogP contribution in [-0.2, 0) is 32.0 Å². The van der Waals surface area contributed by atoms with Crippen LogP contribution in [0.25, 0.3) is 11.1 Å². The van der Waals surface area contributed by atoms with Crippen molar-refractivity contribution in [3.63, 3.8) is 0 Å². The zero-order chi connectivity index (χ0) is 40.3. The second kappa shape index (κ2) is 23.7. The number of carbonyl (C=O) groups is 4. The van der Waals surface area contributed by atoms with Gasteiger partial charge >= 0.3 is 0 Å². The lowest BCUT2D eigenvalue weighted by Gasteiger charge is -2.33. The number of aromatic hydroxyl groups is 1. The third-order valence-electron chi connectivity index (χ3n) is 10.2. The van der Waals surface area contributed by atoms with Crippen LogP contribution < -0.4 is 42.5 Å². The second-order valence-corrected chi connectivity index (χ2v) is 14.5. The van der Waals surface area contributed by atoms with Gasteiger partial charge in [-0.15, -0.1) is 0 Å². The van der Waals surface area contributed by atoms with Gasteiger partial charge in [-0.2, -0.15) is 0 Å². The SMILES string of the molecule is CNCCCC(CNC(=O)C[C@H](CCCNC)NC(=O)[C@@H]1Cc2cccc(c2)-c2ccc(O)c(c2)C[C@H](NC)C(=O)N[C@@H](C[C@@H](O)CNC)C(=O)N1C)NC. The summed E-state index contributed by atoms with van der Waals surface area (Å²) in [5.74, 6) is -1.63. The molecular weight excluding hydrogens is 702 g/mol. The fraction of sp³-hybridized carbons (Fsp3) is 0.600. The Hall–Kier alpha value is -4.12. The average molecular weight is 768 g/mol. The maximum atomic E-state index is 14.4. The molecular formula is C40H65N9O6. The molecule has 4 bridgehead atoms. The molecule has 2 aromatic rings. The molecule has 2 aromatic carbocycles.